The predicted molar refractivity (Wildman–Crippen MR) is 117 cm³/mol. The Morgan fingerprint density at radius 1 is 1.19 bits per heavy atom. The van der Waals surface area contributed by atoms with Crippen molar-refractivity contribution in [2.45, 2.75) is 95.4 Å². The quantitative estimate of drug-likeness (QED) is 0.556. The number of nitrogens with zero attached hydrogens (tertiary/aromatic N) is 1. The first-order valence-corrected chi connectivity index (χ1v) is 11.6. The monoisotopic (exact) mass is 449 g/mol. The van der Waals surface area contributed by atoms with E-state index in [4.69, 9.17) is 4.74 Å². The maximum Gasteiger partial charge on any atom is 0.408 e. The second-order valence-electron chi connectivity index (χ2n) is 10.0. The number of alkyl carbamates (subject to hydrolysis) is 1. The molecule has 1 saturated carbocycles. The van der Waals surface area contributed by atoms with Gasteiger partial charge in [-0.1, -0.05) is 25.0 Å². The number of fused-ring (bicyclic) bond motifs is 2. The summed E-state index contributed by atoms with van der Waals surface area (Å²) < 4.78 is 5.33. The lowest BCUT2D eigenvalue weighted by molar-refractivity contribution is -0.145. The average Bonchev–Trinajstić information content (AvgIpc) is 3.16. The largest absolute Gasteiger partial charge is 0.479 e. The maximum absolute atomic E-state index is 13.4. The van der Waals surface area contributed by atoms with Gasteiger partial charge in [0.05, 0.1) is 0 Å². The van der Waals surface area contributed by atoms with Crippen molar-refractivity contribution >= 4 is 23.9 Å². The third-order valence-corrected chi connectivity index (χ3v) is 6.30. The van der Waals surface area contributed by atoms with Crippen molar-refractivity contribution in [2.75, 3.05) is 6.54 Å². The Kier molecular flexibility index (Phi) is 7.15. The van der Waals surface area contributed by atoms with Crippen LogP contribution in [0.3, 0.4) is 0 Å². The number of aliphatic carboxylic acids is 1. The molecule has 0 spiro atoms. The Hall–Kier alpha value is -2.58. The van der Waals surface area contributed by atoms with Gasteiger partial charge in [0.2, 0.25) is 11.8 Å². The first-order valence-electron chi connectivity index (χ1n) is 11.6. The first kappa shape index (κ1) is 24.1. The molecule has 178 valence electrons. The number of hydrogen-bond donors (Lipinski definition) is 3. The van der Waals surface area contributed by atoms with E-state index in [1.54, 1.807) is 20.8 Å². The fourth-order valence-electron chi connectivity index (χ4n) is 4.52. The lowest BCUT2D eigenvalue weighted by Gasteiger charge is -2.30. The first-order chi connectivity index (χ1) is 15.0. The second kappa shape index (κ2) is 9.50. The van der Waals surface area contributed by atoms with Crippen LogP contribution in [-0.4, -0.2) is 63.7 Å². The van der Waals surface area contributed by atoms with Crippen LogP contribution in [0.2, 0.25) is 0 Å². The summed E-state index contributed by atoms with van der Waals surface area (Å²) >= 11 is 0. The molecule has 3 amide bonds. The van der Waals surface area contributed by atoms with Gasteiger partial charge in [-0.2, -0.15) is 0 Å². The van der Waals surface area contributed by atoms with Gasteiger partial charge in [-0.3, -0.25) is 9.59 Å². The Morgan fingerprint density at radius 3 is 2.62 bits per heavy atom. The van der Waals surface area contributed by atoms with Gasteiger partial charge in [-0.15, -0.1) is 0 Å². The zero-order chi connectivity index (χ0) is 23.5. The molecule has 9 heteroatoms. The van der Waals surface area contributed by atoms with Crippen molar-refractivity contribution in [3.05, 3.63) is 12.2 Å². The van der Waals surface area contributed by atoms with Gasteiger partial charge in [0.1, 0.15) is 23.2 Å². The normalized spacial score (nSPS) is 31.5. The van der Waals surface area contributed by atoms with Gasteiger partial charge in [0.25, 0.3) is 0 Å². The van der Waals surface area contributed by atoms with Crippen molar-refractivity contribution in [3.8, 4) is 0 Å². The lowest BCUT2D eigenvalue weighted by atomic mass is 10.0. The van der Waals surface area contributed by atoms with E-state index in [0.717, 1.165) is 25.7 Å². The molecule has 3 rings (SSSR count). The van der Waals surface area contributed by atoms with E-state index in [9.17, 15) is 24.3 Å². The molecule has 1 unspecified atom stereocenters. The summed E-state index contributed by atoms with van der Waals surface area (Å²) in [4.78, 5) is 52.2. The zero-order valence-corrected chi connectivity index (χ0v) is 19.2. The second-order valence-corrected chi connectivity index (χ2v) is 10.0. The minimum atomic E-state index is -1.29. The number of nitrogens with one attached hydrogen (secondary N) is 2. The summed E-state index contributed by atoms with van der Waals surface area (Å²) in [6.45, 7) is 5.65. The molecule has 0 bridgehead atoms. The summed E-state index contributed by atoms with van der Waals surface area (Å²) in [5.74, 6) is -2.05. The van der Waals surface area contributed by atoms with Crippen LogP contribution in [0.25, 0.3) is 0 Å². The molecule has 2 fully saturated rings. The van der Waals surface area contributed by atoms with E-state index in [2.05, 4.69) is 10.6 Å². The number of rotatable bonds is 2. The van der Waals surface area contributed by atoms with E-state index >= 15 is 0 Å². The molecule has 32 heavy (non-hydrogen) atoms. The third-order valence-electron chi connectivity index (χ3n) is 6.30. The highest BCUT2D eigenvalue weighted by atomic mass is 16.6. The summed E-state index contributed by atoms with van der Waals surface area (Å²) in [5.41, 5.74) is -1.99. The molecule has 4 atom stereocenters. The Labute approximate surface area is 188 Å². The highest BCUT2D eigenvalue weighted by molar-refractivity contribution is 5.96. The highest BCUT2D eigenvalue weighted by Crippen LogP contribution is 2.45. The maximum atomic E-state index is 13.4. The van der Waals surface area contributed by atoms with Crippen molar-refractivity contribution in [2.24, 2.45) is 5.92 Å². The van der Waals surface area contributed by atoms with Gasteiger partial charge in [-0.05, 0) is 59.3 Å². The highest BCUT2D eigenvalue weighted by Gasteiger charge is 2.61. The molecular weight excluding hydrogens is 414 g/mol. The van der Waals surface area contributed by atoms with Crippen LogP contribution in [-0.2, 0) is 19.1 Å². The molecule has 0 radical (unpaired) electrons. The van der Waals surface area contributed by atoms with Gasteiger partial charge in [0.15, 0.2) is 0 Å². The summed E-state index contributed by atoms with van der Waals surface area (Å²) in [6.07, 6.45) is 8.43. The van der Waals surface area contributed by atoms with E-state index in [-0.39, 0.29) is 11.8 Å². The molecule has 0 aromatic carbocycles. The molecular formula is C23H35N3O6. The molecule has 9 nitrogen and oxygen atoms in total. The molecule has 2 heterocycles. The van der Waals surface area contributed by atoms with Gasteiger partial charge < -0.3 is 25.4 Å². The van der Waals surface area contributed by atoms with Crippen molar-refractivity contribution < 1.29 is 29.0 Å². The van der Waals surface area contributed by atoms with Crippen molar-refractivity contribution in [3.63, 3.8) is 0 Å². The number of carbonyl (C=O) groups is 4. The van der Waals surface area contributed by atoms with Gasteiger partial charge >= 0.3 is 12.1 Å². The van der Waals surface area contributed by atoms with Crippen LogP contribution in [0.4, 0.5) is 4.79 Å². The summed E-state index contributed by atoms with van der Waals surface area (Å²) in [7, 11) is 0. The van der Waals surface area contributed by atoms with E-state index in [0.29, 0.717) is 32.2 Å². The molecule has 0 aromatic heterocycles. The number of ether oxygens (including phenoxy) is 1. The standard InChI is InChI=1S/C23H35N3O6/c1-22(2,3)32-21(31)24-16-11-8-6-4-5-7-10-15-14-23(15,20(29)30)25-18(27)17-12-9-13-26(17)19(16)28/h7,10,15-17H,4-6,8-9,11-14H2,1-3H3,(H,24,31)(H,25,27)(H,29,30)/t15-,16+,17?,23-/m1/s1. The number of hydrogen-bond acceptors (Lipinski definition) is 5. The zero-order valence-electron chi connectivity index (χ0n) is 19.2. The molecule has 3 aliphatic rings. The summed E-state index contributed by atoms with van der Waals surface area (Å²) in [5, 5.41) is 15.2. The van der Waals surface area contributed by atoms with E-state index < -0.39 is 41.2 Å². The number of allylic oxidation sites excluding steroid dienone is 1. The fourth-order valence-corrected chi connectivity index (χ4v) is 4.52. The smallest absolute Gasteiger partial charge is 0.408 e. The minimum Gasteiger partial charge on any atom is -0.479 e. The lowest BCUT2D eigenvalue weighted by Crippen LogP contribution is -2.56. The number of carboxylic acid groups (broad SMARTS) is 1. The Bertz CT molecular complexity index is 789. The van der Waals surface area contributed by atoms with Crippen LogP contribution in [0, 0.1) is 5.92 Å². The molecule has 3 N–H and O–H groups in total. The van der Waals surface area contributed by atoms with Gasteiger partial charge in [0, 0.05) is 12.5 Å². The van der Waals surface area contributed by atoms with Crippen molar-refractivity contribution in [1.82, 2.24) is 15.5 Å². The minimum absolute atomic E-state index is 0.235. The van der Waals surface area contributed by atoms with Crippen LogP contribution >= 0.6 is 0 Å². The van der Waals surface area contributed by atoms with Crippen LogP contribution in [0.5, 0.6) is 0 Å². The average molecular weight is 450 g/mol. The van der Waals surface area contributed by atoms with Crippen molar-refractivity contribution in [1.29, 1.82) is 0 Å². The number of amides is 3. The molecule has 0 aromatic rings. The predicted octanol–water partition coefficient (Wildman–Crippen LogP) is 2.35. The Morgan fingerprint density at radius 2 is 1.94 bits per heavy atom. The molecule has 1 aliphatic carbocycles. The Balaban J connectivity index is 1.79. The number of carbonyl (C=O) groups excluding carboxylic acids is 3. The third kappa shape index (κ3) is 5.61. The SMILES string of the molecule is CC(C)(C)OC(=O)N[C@H]1CCCCCC=C[C@@H]2C[C@@]2(C(=O)O)NC(=O)C2CCCN2C1=O. The molecule has 1 saturated heterocycles. The summed E-state index contributed by atoms with van der Waals surface area (Å²) in [6, 6.07) is -1.53. The topological polar surface area (TPSA) is 125 Å². The van der Waals surface area contributed by atoms with E-state index in [1.165, 1.54) is 4.90 Å². The van der Waals surface area contributed by atoms with Crippen LogP contribution in [0.1, 0.15) is 72.1 Å². The van der Waals surface area contributed by atoms with E-state index in [1.807, 2.05) is 12.2 Å². The fraction of sp³-hybridized carbons (Fsp3) is 0.739. The van der Waals surface area contributed by atoms with Crippen LogP contribution in [0.15, 0.2) is 12.2 Å². The molecule has 2 aliphatic heterocycles. The van der Waals surface area contributed by atoms with Gasteiger partial charge in [-0.25, -0.2) is 9.59 Å². The number of carboxylic acids is 1. The van der Waals surface area contributed by atoms with Crippen LogP contribution < -0.4 is 10.6 Å².